The zero-order valence-electron chi connectivity index (χ0n) is 8.25. The second-order valence-corrected chi connectivity index (χ2v) is 3.85. The number of hydrogen-bond acceptors (Lipinski definition) is 3. The summed E-state index contributed by atoms with van der Waals surface area (Å²) >= 11 is 0. The van der Waals surface area contributed by atoms with Gasteiger partial charge in [-0.05, 0) is 37.5 Å². The molecule has 15 heavy (non-hydrogen) atoms. The van der Waals surface area contributed by atoms with Gasteiger partial charge < -0.3 is 5.11 Å². The van der Waals surface area contributed by atoms with E-state index in [1.807, 2.05) is 0 Å². The number of benzene rings is 1. The molecule has 0 aromatic heterocycles. The van der Waals surface area contributed by atoms with Crippen LogP contribution >= 0.6 is 0 Å². The Morgan fingerprint density at radius 2 is 2.20 bits per heavy atom. The summed E-state index contributed by atoms with van der Waals surface area (Å²) in [4.78, 5) is 13.9. The van der Waals surface area contributed by atoms with Crippen molar-refractivity contribution in [3.8, 4) is 5.75 Å². The van der Waals surface area contributed by atoms with E-state index < -0.39 is 11.4 Å². The fraction of sp³-hybridized carbons (Fsp3) is 0.364. The zero-order valence-corrected chi connectivity index (χ0v) is 8.25. The van der Waals surface area contributed by atoms with Crippen LogP contribution in [-0.2, 0) is 10.3 Å². The van der Waals surface area contributed by atoms with Crippen molar-refractivity contribution in [3.63, 3.8) is 0 Å². The standard InChI is InChI=1S/C11H10FNO2/c1-7-4-8(12)5-9(10(7)15)11(2-3-11)13-6-14/h4-5,15H,2-3H2,1H3. The van der Waals surface area contributed by atoms with Crippen LogP contribution in [0.25, 0.3) is 0 Å². The zero-order chi connectivity index (χ0) is 11.1. The molecule has 0 unspecified atom stereocenters. The maximum Gasteiger partial charge on any atom is 0.235 e. The Morgan fingerprint density at radius 3 is 2.73 bits per heavy atom. The van der Waals surface area contributed by atoms with Gasteiger partial charge in [-0.15, -0.1) is 0 Å². The molecule has 1 aliphatic carbocycles. The second-order valence-electron chi connectivity index (χ2n) is 3.85. The number of aromatic hydroxyl groups is 1. The third-order valence-electron chi connectivity index (χ3n) is 2.75. The molecule has 0 aliphatic heterocycles. The Bertz CT molecular complexity index is 460. The number of isocyanates is 1. The van der Waals surface area contributed by atoms with E-state index in [4.69, 9.17) is 0 Å². The molecule has 1 aromatic rings. The summed E-state index contributed by atoms with van der Waals surface area (Å²) in [5, 5.41) is 9.77. The molecule has 1 aliphatic rings. The van der Waals surface area contributed by atoms with Crippen LogP contribution in [0.5, 0.6) is 5.75 Å². The Morgan fingerprint density at radius 1 is 1.53 bits per heavy atom. The maximum absolute atomic E-state index is 13.2. The van der Waals surface area contributed by atoms with Crippen molar-refractivity contribution in [1.29, 1.82) is 0 Å². The van der Waals surface area contributed by atoms with Crippen molar-refractivity contribution in [2.75, 3.05) is 0 Å². The van der Waals surface area contributed by atoms with E-state index in [2.05, 4.69) is 4.99 Å². The predicted molar refractivity (Wildman–Crippen MR) is 51.8 cm³/mol. The van der Waals surface area contributed by atoms with E-state index in [0.29, 0.717) is 24.0 Å². The molecule has 1 aromatic carbocycles. The average Bonchev–Trinajstić information content (AvgIpc) is 2.93. The van der Waals surface area contributed by atoms with Crippen molar-refractivity contribution >= 4 is 6.08 Å². The number of nitrogens with zero attached hydrogens (tertiary/aromatic N) is 1. The van der Waals surface area contributed by atoms with Gasteiger partial charge in [-0.3, -0.25) is 0 Å². The maximum atomic E-state index is 13.2. The quantitative estimate of drug-likeness (QED) is 0.596. The van der Waals surface area contributed by atoms with E-state index in [1.165, 1.54) is 18.2 Å². The van der Waals surface area contributed by atoms with E-state index in [-0.39, 0.29) is 5.75 Å². The molecule has 1 saturated carbocycles. The highest BCUT2D eigenvalue weighted by Crippen LogP contribution is 2.52. The molecule has 0 bridgehead atoms. The molecule has 78 valence electrons. The number of aryl methyl sites for hydroxylation is 1. The first-order chi connectivity index (χ1) is 7.09. The molecule has 1 fully saturated rings. The molecule has 4 heteroatoms. The Kier molecular flexibility index (Phi) is 2.09. The number of carbonyl (C=O) groups excluding carboxylic acids is 1. The lowest BCUT2D eigenvalue weighted by Gasteiger charge is -2.12. The number of hydrogen-bond donors (Lipinski definition) is 1. The van der Waals surface area contributed by atoms with E-state index in [0.717, 1.165) is 0 Å². The van der Waals surface area contributed by atoms with Gasteiger partial charge in [-0.2, -0.15) is 4.99 Å². The Balaban J connectivity index is 2.57. The first-order valence-corrected chi connectivity index (χ1v) is 4.68. The highest BCUT2D eigenvalue weighted by atomic mass is 19.1. The molecule has 1 N–H and O–H groups in total. The highest BCUT2D eigenvalue weighted by molar-refractivity contribution is 5.49. The van der Waals surface area contributed by atoms with E-state index in [9.17, 15) is 14.3 Å². The number of rotatable bonds is 2. The van der Waals surface area contributed by atoms with E-state index >= 15 is 0 Å². The van der Waals surface area contributed by atoms with Gasteiger partial charge in [0.2, 0.25) is 6.08 Å². The summed E-state index contributed by atoms with van der Waals surface area (Å²) < 4.78 is 13.2. The second kappa shape index (κ2) is 3.17. The van der Waals surface area contributed by atoms with Gasteiger partial charge in [-0.1, -0.05) is 0 Å². The molecular formula is C11H10FNO2. The highest BCUT2D eigenvalue weighted by Gasteiger charge is 2.47. The largest absolute Gasteiger partial charge is 0.507 e. The third-order valence-corrected chi connectivity index (χ3v) is 2.75. The minimum Gasteiger partial charge on any atom is -0.507 e. The number of phenolic OH excluding ortho intramolecular Hbond substituents is 1. The van der Waals surface area contributed by atoms with Gasteiger partial charge in [0.15, 0.2) is 0 Å². The fourth-order valence-electron chi connectivity index (χ4n) is 1.74. The number of phenols is 1. The Hall–Kier alpha value is -1.67. The molecule has 0 spiro atoms. The third kappa shape index (κ3) is 1.53. The molecule has 0 atom stereocenters. The van der Waals surface area contributed by atoms with Gasteiger partial charge in [0, 0.05) is 5.56 Å². The molecule has 0 radical (unpaired) electrons. The molecule has 0 saturated heterocycles. The lowest BCUT2D eigenvalue weighted by molar-refractivity contribution is 0.451. The fourth-order valence-corrected chi connectivity index (χ4v) is 1.74. The summed E-state index contributed by atoms with van der Waals surface area (Å²) in [5.74, 6) is -0.402. The lowest BCUT2D eigenvalue weighted by Crippen LogP contribution is -2.04. The smallest absolute Gasteiger partial charge is 0.235 e. The van der Waals surface area contributed by atoms with Crippen LogP contribution in [0.3, 0.4) is 0 Å². The normalized spacial score (nSPS) is 16.9. The molecule has 2 rings (SSSR count). The average molecular weight is 207 g/mol. The number of halogens is 1. The summed E-state index contributed by atoms with van der Waals surface area (Å²) in [6, 6.07) is 2.48. The van der Waals surface area contributed by atoms with Gasteiger partial charge in [0.25, 0.3) is 0 Å². The lowest BCUT2D eigenvalue weighted by atomic mass is 10.0. The van der Waals surface area contributed by atoms with Crippen molar-refractivity contribution in [2.24, 2.45) is 4.99 Å². The van der Waals surface area contributed by atoms with Gasteiger partial charge >= 0.3 is 0 Å². The van der Waals surface area contributed by atoms with Crippen LogP contribution in [0, 0.1) is 12.7 Å². The van der Waals surface area contributed by atoms with Crippen molar-refractivity contribution < 1.29 is 14.3 Å². The van der Waals surface area contributed by atoms with E-state index in [1.54, 1.807) is 6.92 Å². The van der Waals surface area contributed by atoms with Gasteiger partial charge in [-0.25, -0.2) is 9.18 Å². The Labute approximate surface area is 86.3 Å². The summed E-state index contributed by atoms with van der Waals surface area (Å²) in [5.41, 5.74) is 0.124. The van der Waals surface area contributed by atoms with Crippen LogP contribution in [0.1, 0.15) is 24.0 Å². The molecule has 0 heterocycles. The predicted octanol–water partition coefficient (Wildman–Crippen LogP) is 2.16. The summed E-state index contributed by atoms with van der Waals surface area (Å²) in [7, 11) is 0. The first kappa shape index (κ1) is 9.87. The van der Waals surface area contributed by atoms with Crippen molar-refractivity contribution in [3.05, 3.63) is 29.1 Å². The SMILES string of the molecule is Cc1cc(F)cc(C2(N=C=O)CC2)c1O. The monoisotopic (exact) mass is 207 g/mol. The van der Waals surface area contributed by atoms with Crippen molar-refractivity contribution in [2.45, 2.75) is 25.3 Å². The minimum absolute atomic E-state index is 0.0212. The molecule has 3 nitrogen and oxygen atoms in total. The van der Waals surface area contributed by atoms with Gasteiger partial charge in [0.1, 0.15) is 17.1 Å². The van der Waals surface area contributed by atoms with Crippen LogP contribution in [-0.4, -0.2) is 11.2 Å². The first-order valence-electron chi connectivity index (χ1n) is 4.68. The van der Waals surface area contributed by atoms with Crippen molar-refractivity contribution in [1.82, 2.24) is 0 Å². The van der Waals surface area contributed by atoms with Crippen LogP contribution < -0.4 is 0 Å². The number of aliphatic imine (C=N–C) groups is 1. The van der Waals surface area contributed by atoms with Gasteiger partial charge in [0.05, 0.1) is 0 Å². The topological polar surface area (TPSA) is 49.7 Å². The summed E-state index contributed by atoms with van der Waals surface area (Å²) in [6.07, 6.45) is 2.78. The van der Waals surface area contributed by atoms with Crippen LogP contribution in [0.15, 0.2) is 17.1 Å². The van der Waals surface area contributed by atoms with Crippen LogP contribution in [0.2, 0.25) is 0 Å². The molecule has 0 amide bonds. The minimum atomic E-state index is -0.724. The molecular weight excluding hydrogens is 197 g/mol. The van der Waals surface area contributed by atoms with Crippen LogP contribution in [0.4, 0.5) is 4.39 Å². The summed E-state index contributed by atoms with van der Waals surface area (Å²) in [6.45, 7) is 1.61.